The number of rotatable bonds is 3. The first-order chi connectivity index (χ1) is 9.04. The molecule has 1 N–H and O–H groups in total. The Balaban J connectivity index is 1.70. The number of halogens is 2. The van der Waals surface area contributed by atoms with Crippen molar-refractivity contribution >= 4 is 5.69 Å². The van der Waals surface area contributed by atoms with Gasteiger partial charge in [-0.1, -0.05) is 0 Å². The third-order valence-corrected chi connectivity index (χ3v) is 4.25. The first-order valence-electron chi connectivity index (χ1n) is 7.02. The molecule has 1 heterocycles. The summed E-state index contributed by atoms with van der Waals surface area (Å²) in [4.78, 5) is 2.49. The standard InChI is InChI=1S/C15H20F2N2/c1-9-5-14(17)15(7-13(9)16)18-11-6-10(2)19(8-11)12-3-4-12/h5,7,10-12,18H,3-4,6,8H2,1-2H3. The fourth-order valence-corrected chi connectivity index (χ4v) is 3.05. The van der Waals surface area contributed by atoms with Crippen molar-refractivity contribution in [3.63, 3.8) is 0 Å². The fourth-order valence-electron chi connectivity index (χ4n) is 3.05. The van der Waals surface area contributed by atoms with E-state index in [0.29, 0.717) is 11.6 Å². The van der Waals surface area contributed by atoms with Crippen LogP contribution in [0, 0.1) is 18.6 Å². The number of hydrogen-bond donors (Lipinski definition) is 1. The van der Waals surface area contributed by atoms with Gasteiger partial charge >= 0.3 is 0 Å². The van der Waals surface area contributed by atoms with E-state index in [1.807, 2.05) is 0 Å². The van der Waals surface area contributed by atoms with Gasteiger partial charge in [-0.15, -0.1) is 0 Å². The van der Waals surface area contributed by atoms with Crippen molar-refractivity contribution in [2.75, 3.05) is 11.9 Å². The molecule has 3 rings (SSSR count). The minimum Gasteiger partial charge on any atom is -0.379 e. The van der Waals surface area contributed by atoms with E-state index in [0.717, 1.165) is 19.0 Å². The van der Waals surface area contributed by atoms with Crippen molar-refractivity contribution in [1.82, 2.24) is 4.90 Å². The molecule has 1 saturated carbocycles. The molecule has 2 fully saturated rings. The van der Waals surface area contributed by atoms with E-state index >= 15 is 0 Å². The summed E-state index contributed by atoms with van der Waals surface area (Å²) < 4.78 is 27.3. The largest absolute Gasteiger partial charge is 0.379 e. The van der Waals surface area contributed by atoms with Gasteiger partial charge in [0, 0.05) is 30.7 Å². The Bertz CT molecular complexity index is 485. The minimum absolute atomic E-state index is 0.215. The molecule has 1 saturated heterocycles. The highest BCUT2D eigenvalue weighted by molar-refractivity contribution is 5.48. The monoisotopic (exact) mass is 266 g/mol. The summed E-state index contributed by atoms with van der Waals surface area (Å²) in [5, 5.41) is 3.16. The van der Waals surface area contributed by atoms with Crippen molar-refractivity contribution < 1.29 is 8.78 Å². The van der Waals surface area contributed by atoms with Gasteiger partial charge < -0.3 is 5.32 Å². The Morgan fingerprint density at radius 3 is 2.63 bits per heavy atom. The van der Waals surface area contributed by atoms with Crippen LogP contribution < -0.4 is 5.32 Å². The number of benzene rings is 1. The normalized spacial score (nSPS) is 27.8. The molecule has 2 nitrogen and oxygen atoms in total. The SMILES string of the molecule is Cc1cc(F)c(NC2CC(C)N(C3CC3)C2)cc1F. The van der Waals surface area contributed by atoms with Crippen LogP contribution in [0.25, 0.3) is 0 Å². The molecular weight excluding hydrogens is 246 g/mol. The van der Waals surface area contributed by atoms with Crippen LogP contribution in [-0.2, 0) is 0 Å². The zero-order valence-corrected chi connectivity index (χ0v) is 11.4. The maximum atomic E-state index is 13.8. The minimum atomic E-state index is -0.364. The van der Waals surface area contributed by atoms with Gasteiger partial charge in [0.2, 0.25) is 0 Å². The third-order valence-electron chi connectivity index (χ3n) is 4.25. The number of aryl methyl sites for hydroxylation is 1. The maximum Gasteiger partial charge on any atom is 0.146 e. The Morgan fingerprint density at radius 2 is 1.95 bits per heavy atom. The van der Waals surface area contributed by atoms with Crippen molar-refractivity contribution in [3.05, 3.63) is 29.3 Å². The predicted octanol–water partition coefficient (Wildman–Crippen LogP) is 3.31. The molecule has 0 radical (unpaired) electrons. The van der Waals surface area contributed by atoms with Gasteiger partial charge in [-0.3, -0.25) is 4.90 Å². The molecule has 1 aromatic carbocycles. The molecule has 1 aliphatic carbocycles. The van der Waals surface area contributed by atoms with Crippen molar-refractivity contribution in [1.29, 1.82) is 0 Å². The molecule has 0 amide bonds. The molecule has 1 aromatic rings. The van der Waals surface area contributed by atoms with E-state index in [1.165, 1.54) is 25.0 Å². The third kappa shape index (κ3) is 2.59. The van der Waals surface area contributed by atoms with E-state index in [2.05, 4.69) is 17.1 Å². The highest BCUT2D eigenvalue weighted by Crippen LogP contribution is 2.34. The average Bonchev–Trinajstić information content (AvgIpc) is 3.11. The number of nitrogens with one attached hydrogen (secondary N) is 1. The molecule has 2 atom stereocenters. The van der Waals surface area contributed by atoms with Gasteiger partial charge in [-0.25, -0.2) is 8.78 Å². The molecule has 0 aromatic heterocycles. The van der Waals surface area contributed by atoms with Gasteiger partial charge in [0.1, 0.15) is 11.6 Å². The summed E-state index contributed by atoms with van der Waals surface area (Å²) in [6, 6.07) is 4.00. The van der Waals surface area contributed by atoms with Crippen LogP contribution in [-0.4, -0.2) is 29.6 Å². The summed E-state index contributed by atoms with van der Waals surface area (Å²) in [5.41, 5.74) is 0.639. The first kappa shape index (κ1) is 12.9. The highest BCUT2D eigenvalue weighted by Gasteiger charge is 2.38. The topological polar surface area (TPSA) is 15.3 Å². The zero-order chi connectivity index (χ0) is 13.6. The second-order valence-corrected chi connectivity index (χ2v) is 5.94. The van der Waals surface area contributed by atoms with E-state index in [9.17, 15) is 8.78 Å². The van der Waals surface area contributed by atoms with Gasteiger partial charge in [0.05, 0.1) is 5.69 Å². The molecule has 4 heteroatoms. The van der Waals surface area contributed by atoms with Crippen LogP contribution in [0.2, 0.25) is 0 Å². The van der Waals surface area contributed by atoms with E-state index in [4.69, 9.17) is 0 Å². The summed E-state index contributed by atoms with van der Waals surface area (Å²) in [7, 11) is 0. The molecule has 19 heavy (non-hydrogen) atoms. The Hall–Kier alpha value is -1.16. The van der Waals surface area contributed by atoms with Crippen molar-refractivity contribution in [2.45, 2.75) is 51.2 Å². The molecule has 0 spiro atoms. The van der Waals surface area contributed by atoms with E-state index < -0.39 is 0 Å². The van der Waals surface area contributed by atoms with Crippen molar-refractivity contribution in [2.24, 2.45) is 0 Å². The lowest BCUT2D eigenvalue weighted by molar-refractivity contribution is 0.257. The molecular formula is C15H20F2N2. The summed E-state index contributed by atoms with van der Waals surface area (Å²) in [5.74, 6) is -0.717. The predicted molar refractivity (Wildman–Crippen MR) is 72.3 cm³/mol. The molecule has 104 valence electrons. The number of hydrogen-bond acceptors (Lipinski definition) is 2. The van der Waals surface area contributed by atoms with Crippen LogP contribution >= 0.6 is 0 Å². The van der Waals surface area contributed by atoms with Gasteiger partial charge in [0.25, 0.3) is 0 Å². The van der Waals surface area contributed by atoms with Crippen LogP contribution in [0.5, 0.6) is 0 Å². The lowest BCUT2D eigenvalue weighted by Gasteiger charge is -2.20. The zero-order valence-electron chi connectivity index (χ0n) is 11.4. The molecule has 1 aliphatic heterocycles. The van der Waals surface area contributed by atoms with Gasteiger partial charge in [-0.2, -0.15) is 0 Å². The molecule has 0 bridgehead atoms. The van der Waals surface area contributed by atoms with Crippen LogP contribution in [0.4, 0.5) is 14.5 Å². The Labute approximate surface area is 112 Å². The summed E-state index contributed by atoms with van der Waals surface area (Å²) in [6.45, 7) is 4.72. The van der Waals surface area contributed by atoms with E-state index in [-0.39, 0.29) is 23.4 Å². The first-order valence-corrected chi connectivity index (χ1v) is 7.02. The van der Waals surface area contributed by atoms with Gasteiger partial charge in [0.15, 0.2) is 0 Å². The number of likely N-dealkylation sites (tertiary alicyclic amines) is 1. The van der Waals surface area contributed by atoms with Crippen molar-refractivity contribution in [3.8, 4) is 0 Å². The smallest absolute Gasteiger partial charge is 0.146 e. The lowest BCUT2D eigenvalue weighted by atomic mass is 10.1. The number of anilines is 1. The molecule has 2 unspecified atom stereocenters. The summed E-state index contributed by atoms with van der Waals surface area (Å²) in [6.07, 6.45) is 3.56. The summed E-state index contributed by atoms with van der Waals surface area (Å²) >= 11 is 0. The number of nitrogens with zero attached hydrogens (tertiary/aromatic N) is 1. The maximum absolute atomic E-state index is 13.8. The van der Waals surface area contributed by atoms with Crippen LogP contribution in [0.3, 0.4) is 0 Å². The lowest BCUT2D eigenvalue weighted by Crippen LogP contribution is -2.31. The Morgan fingerprint density at radius 1 is 1.21 bits per heavy atom. The average molecular weight is 266 g/mol. The second-order valence-electron chi connectivity index (χ2n) is 5.94. The van der Waals surface area contributed by atoms with Gasteiger partial charge in [-0.05, 0) is 44.7 Å². The highest BCUT2D eigenvalue weighted by atomic mass is 19.1. The Kier molecular flexibility index (Phi) is 3.21. The van der Waals surface area contributed by atoms with Crippen LogP contribution in [0.1, 0.15) is 31.7 Å². The molecule has 2 aliphatic rings. The van der Waals surface area contributed by atoms with Crippen LogP contribution in [0.15, 0.2) is 12.1 Å². The second kappa shape index (κ2) is 4.75. The quantitative estimate of drug-likeness (QED) is 0.903. The fraction of sp³-hybridized carbons (Fsp3) is 0.600. The van der Waals surface area contributed by atoms with E-state index in [1.54, 1.807) is 6.92 Å².